The van der Waals surface area contributed by atoms with Crippen molar-refractivity contribution in [3.63, 3.8) is 0 Å². The normalized spacial score (nSPS) is 11.9. The van der Waals surface area contributed by atoms with Crippen molar-refractivity contribution in [1.29, 1.82) is 0 Å². The lowest BCUT2D eigenvalue weighted by atomic mass is 10.1. The number of phenols is 2. The number of ketones is 3. The largest absolute Gasteiger partial charge is 0.504 e. The highest BCUT2D eigenvalue weighted by Crippen LogP contribution is 2.29. The summed E-state index contributed by atoms with van der Waals surface area (Å²) in [5, 5.41) is 19.8. The molecular formula is C28H26N2O7. The first-order chi connectivity index (χ1) is 17.8. The Morgan fingerprint density at radius 1 is 0.865 bits per heavy atom. The Morgan fingerprint density at radius 2 is 1.41 bits per heavy atom. The van der Waals surface area contributed by atoms with E-state index in [1.807, 2.05) is 0 Å². The molecule has 0 bridgehead atoms. The molecule has 1 unspecified atom stereocenters. The van der Waals surface area contributed by atoms with Gasteiger partial charge in [-0.3, -0.25) is 20.2 Å². The molecule has 9 nitrogen and oxygen atoms in total. The number of ether oxygens (including phenoxy) is 2. The molecule has 0 aromatic heterocycles. The predicted molar refractivity (Wildman–Crippen MR) is 138 cm³/mol. The smallest absolute Gasteiger partial charge is 0.226 e. The number of allylic oxidation sites excluding steroid dienone is 2. The van der Waals surface area contributed by atoms with E-state index in [0.717, 1.165) is 0 Å². The van der Waals surface area contributed by atoms with Crippen LogP contribution in [0.5, 0.6) is 23.0 Å². The highest BCUT2D eigenvalue weighted by Gasteiger charge is 2.21. The maximum absolute atomic E-state index is 12.6. The summed E-state index contributed by atoms with van der Waals surface area (Å²) in [6.07, 6.45) is 3.87. The Bertz CT molecular complexity index is 1330. The molecule has 0 aliphatic carbocycles. The maximum Gasteiger partial charge on any atom is 0.226 e. The van der Waals surface area contributed by atoms with Gasteiger partial charge in [0.2, 0.25) is 12.0 Å². The van der Waals surface area contributed by atoms with Crippen LogP contribution in [-0.4, -0.2) is 40.9 Å². The fraction of sp³-hybridized carbons (Fsp3) is 0.107. The number of phenolic OH excluding ortho intramolecular Hbond substituents is 2. The summed E-state index contributed by atoms with van der Waals surface area (Å²) in [5.74, 6) is 4.20. The predicted octanol–water partition coefficient (Wildman–Crippen LogP) is 3.41. The van der Waals surface area contributed by atoms with Gasteiger partial charge in [0.25, 0.3) is 0 Å². The van der Waals surface area contributed by atoms with Crippen LogP contribution in [0.3, 0.4) is 0 Å². The van der Waals surface area contributed by atoms with Gasteiger partial charge in [-0.25, -0.2) is 5.43 Å². The molecule has 3 aromatic carbocycles. The van der Waals surface area contributed by atoms with Gasteiger partial charge in [-0.2, -0.15) is 0 Å². The zero-order valence-corrected chi connectivity index (χ0v) is 20.0. The van der Waals surface area contributed by atoms with E-state index in [2.05, 4.69) is 5.43 Å². The summed E-state index contributed by atoms with van der Waals surface area (Å²) in [7, 11) is 1.42. The molecule has 1 atom stereocenters. The average Bonchev–Trinajstić information content (AvgIpc) is 2.91. The molecule has 0 fully saturated rings. The van der Waals surface area contributed by atoms with Gasteiger partial charge in [-0.05, 0) is 47.5 Å². The van der Waals surface area contributed by atoms with Crippen molar-refractivity contribution in [2.45, 2.75) is 12.6 Å². The number of rotatable bonds is 12. The van der Waals surface area contributed by atoms with Crippen LogP contribution in [0.25, 0.3) is 12.2 Å². The van der Waals surface area contributed by atoms with Gasteiger partial charge in [-0.1, -0.05) is 54.6 Å². The molecule has 0 saturated carbocycles. The SMILES string of the molecule is COc1cc(/C=C/C(=O)CC(=O)/C=C/c2ccc(O)c(OC(NN)C(=O)c3ccccc3)c2)ccc1O. The lowest BCUT2D eigenvalue weighted by Crippen LogP contribution is -2.45. The van der Waals surface area contributed by atoms with Gasteiger partial charge in [0, 0.05) is 5.56 Å². The number of hydrogen-bond donors (Lipinski definition) is 4. The van der Waals surface area contributed by atoms with Crippen molar-refractivity contribution < 1.29 is 34.1 Å². The van der Waals surface area contributed by atoms with E-state index in [1.165, 1.54) is 55.7 Å². The molecule has 0 aliphatic rings. The second-order valence-electron chi connectivity index (χ2n) is 7.83. The van der Waals surface area contributed by atoms with Crippen LogP contribution >= 0.6 is 0 Å². The summed E-state index contributed by atoms with van der Waals surface area (Å²) in [6.45, 7) is 0. The quantitative estimate of drug-likeness (QED) is 0.0730. The van der Waals surface area contributed by atoms with Crippen LogP contribution in [-0.2, 0) is 9.59 Å². The maximum atomic E-state index is 12.6. The van der Waals surface area contributed by atoms with Crippen LogP contribution < -0.4 is 20.7 Å². The zero-order valence-electron chi connectivity index (χ0n) is 20.0. The van der Waals surface area contributed by atoms with E-state index in [4.69, 9.17) is 15.3 Å². The fourth-order valence-corrected chi connectivity index (χ4v) is 3.24. The summed E-state index contributed by atoms with van der Waals surface area (Å²) in [4.78, 5) is 37.0. The van der Waals surface area contributed by atoms with Gasteiger partial charge in [0.05, 0.1) is 13.5 Å². The van der Waals surface area contributed by atoms with E-state index in [0.29, 0.717) is 16.7 Å². The van der Waals surface area contributed by atoms with E-state index in [9.17, 15) is 24.6 Å². The fourth-order valence-electron chi connectivity index (χ4n) is 3.24. The lowest BCUT2D eigenvalue weighted by molar-refractivity contribution is -0.121. The van der Waals surface area contributed by atoms with Gasteiger partial charge in [0.1, 0.15) is 0 Å². The van der Waals surface area contributed by atoms with E-state index >= 15 is 0 Å². The Morgan fingerprint density at radius 3 is 1.95 bits per heavy atom. The van der Waals surface area contributed by atoms with Gasteiger partial charge < -0.3 is 19.7 Å². The van der Waals surface area contributed by atoms with Crippen molar-refractivity contribution in [2.24, 2.45) is 5.84 Å². The summed E-state index contributed by atoms with van der Waals surface area (Å²) < 4.78 is 10.6. The van der Waals surface area contributed by atoms with Gasteiger partial charge in [0.15, 0.2) is 34.6 Å². The van der Waals surface area contributed by atoms with Crippen molar-refractivity contribution in [1.82, 2.24) is 5.43 Å². The monoisotopic (exact) mass is 502 g/mol. The molecule has 0 saturated heterocycles. The summed E-state index contributed by atoms with van der Waals surface area (Å²) in [5.41, 5.74) is 3.76. The Labute approximate surface area is 213 Å². The van der Waals surface area contributed by atoms with Crippen LogP contribution in [0.2, 0.25) is 0 Å². The second kappa shape index (κ2) is 12.8. The topological polar surface area (TPSA) is 148 Å². The summed E-state index contributed by atoms with van der Waals surface area (Å²) >= 11 is 0. The van der Waals surface area contributed by atoms with Crippen LogP contribution in [0, 0.1) is 0 Å². The molecule has 0 radical (unpaired) electrons. The van der Waals surface area contributed by atoms with Crippen LogP contribution in [0.15, 0.2) is 78.9 Å². The molecule has 3 aromatic rings. The second-order valence-corrected chi connectivity index (χ2v) is 7.83. The molecule has 3 rings (SSSR count). The van der Waals surface area contributed by atoms with E-state index in [1.54, 1.807) is 42.5 Å². The molecule has 37 heavy (non-hydrogen) atoms. The summed E-state index contributed by atoms with van der Waals surface area (Å²) in [6, 6.07) is 17.3. The first-order valence-electron chi connectivity index (χ1n) is 11.1. The number of carbonyl (C=O) groups excluding carboxylic acids is 3. The van der Waals surface area contributed by atoms with Crippen molar-refractivity contribution >= 4 is 29.5 Å². The van der Waals surface area contributed by atoms with Gasteiger partial charge >= 0.3 is 0 Å². The third-order valence-electron chi connectivity index (χ3n) is 5.15. The number of methoxy groups -OCH3 is 1. The van der Waals surface area contributed by atoms with Crippen molar-refractivity contribution in [3.8, 4) is 23.0 Å². The molecular weight excluding hydrogens is 476 g/mol. The molecule has 9 heteroatoms. The molecule has 190 valence electrons. The average molecular weight is 503 g/mol. The number of nitrogens with one attached hydrogen (secondary N) is 1. The zero-order chi connectivity index (χ0) is 26.8. The first-order valence-corrected chi connectivity index (χ1v) is 11.1. The molecule has 5 N–H and O–H groups in total. The third kappa shape index (κ3) is 7.63. The Hall–Kier alpha value is -4.73. The molecule has 0 aliphatic heterocycles. The standard InChI is InChI=1S/C28H26N2O7/c1-36-25-15-18(9-13-23(25)33)7-11-21(31)17-22(32)12-8-19-10-14-24(34)26(16-19)37-28(30-29)27(35)20-5-3-2-4-6-20/h2-16,28,30,33-34H,17,29H2,1H3/b11-7+,12-8+. The third-order valence-corrected chi connectivity index (χ3v) is 5.15. The highest BCUT2D eigenvalue weighted by molar-refractivity contribution is 6.10. The number of hydrogen-bond acceptors (Lipinski definition) is 9. The number of hydrazine groups is 1. The number of carbonyl (C=O) groups is 3. The van der Waals surface area contributed by atoms with E-state index < -0.39 is 23.6 Å². The number of aromatic hydroxyl groups is 2. The van der Waals surface area contributed by atoms with Crippen LogP contribution in [0.4, 0.5) is 0 Å². The Balaban J connectivity index is 1.62. The lowest BCUT2D eigenvalue weighted by Gasteiger charge is -2.18. The number of benzene rings is 3. The van der Waals surface area contributed by atoms with Crippen molar-refractivity contribution in [3.05, 3.63) is 95.6 Å². The highest BCUT2D eigenvalue weighted by atomic mass is 16.5. The van der Waals surface area contributed by atoms with Crippen LogP contribution in [0.1, 0.15) is 27.9 Å². The first kappa shape index (κ1) is 26.9. The number of nitrogens with two attached hydrogens (primary N) is 1. The van der Waals surface area contributed by atoms with Crippen molar-refractivity contribution in [2.75, 3.05) is 7.11 Å². The Kier molecular flexibility index (Phi) is 9.31. The number of Topliss-reactive ketones (excluding diaryl/α,β-unsaturated/α-hetero) is 1. The minimum atomic E-state index is -1.26. The molecule has 0 amide bonds. The van der Waals surface area contributed by atoms with E-state index in [-0.39, 0.29) is 29.4 Å². The molecule has 0 spiro atoms. The molecule has 0 heterocycles. The minimum absolute atomic E-state index is 0.0216. The van der Waals surface area contributed by atoms with Gasteiger partial charge in [-0.15, -0.1) is 0 Å². The minimum Gasteiger partial charge on any atom is -0.504 e.